The van der Waals surface area contributed by atoms with Gasteiger partial charge in [-0.05, 0) is 6.07 Å². The van der Waals surface area contributed by atoms with Crippen molar-refractivity contribution in [3.8, 4) is 5.88 Å². The minimum Gasteiger partial charge on any atom is -0.471 e. The van der Waals surface area contributed by atoms with Crippen molar-refractivity contribution in [2.45, 2.75) is 33.3 Å². The molecule has 21 heavy (non-hydrogen) atoms. The van der Waals surface area contributed by atoms with Crippen LogP contribution in [0, 0.1) is 5.41 Å². The van der Waals surface area contributed by atoms with E-state index in [4.69, 9.17) is 4.74 Å². The maximum absolute atomic E-state index is 12.2. The second-order valence-electron chi connectivity index (χ2n) is 6.65. The molecule has 0 bridgehead atoms. The summed E-state index contributed by atoms with van der Waals surface area (Å²) in [7, 11) is 3.83. The fraction of sp³-hybridized carbons (Fsp3) is 0.667. The molecule has 1 saturated heterocycles. The molecule has 1 aromatic heterocycles. The van der Waals surface area contributed by atoms with Crippen molar-refractivity contribution in [3.63, 3.8) is 0 Å². The second-order valence-corrected chi connectivity index (χ2v) is 6.65. The Labute approximate surface area is 126 Å². The Morgan fingerprint density at radius 1 is 1.33 bits per heavy atom. The van der Waals surface area contributed by atoms with E-state index in [9.17, 15) is 4.79 Å². The molecule has 1 aromatic rings. The molecule has 1 aliphatic rings. The van der Waals surface area contributed by atoms with Crippen LogP contribution in [0.2, 0.25) is 0 Å². The maximum atomic E-state index is 12.2. The molecule has 0 radical (unpaired) electrons. The quantitative estimate of drug-likeness (QED) is 0.846. The molecule has 0 N–H and O–H groups in total. The standard InChI is InChI=1S/C15H24N4O2/c1-15(2,3)14(20)19-9-8-11(10-19)21-13-7-6-12(16-17-13)18(4)5/h6-7,11H,8-10H2,1-5H3. The molecular weight excluding hydrogens is 268 g/mol. The lowest BCUT2D eigenvalue weighted by Crippen LogP contribution is -2.38. The predicted molar refractivity (Wildman–Crippen MR) is 81.4 cm³/mol. The van der Waals surface area contributed by atoms with Crippen LogP contribution in [-0.4, -0.2) is 54.3 Å². The van der Waals surface area contributed by atoms with Crippen molar-refractivity contribution in [3.05, 3.63) is 12.1 Å². The highest BCUT2D eigenvalue weighted by Crippen LogP contribution is 2.23. The zero-order valence-electron chi connectivity index (χ0n) is 13.5. The van der Waals surface area contributed by atoms with E-state index in [1.54, 1.807) is 0 Å². The van der Waals surface area contributed by atoms with E-state index in [-0.39, 0.29) is 17.4 Å². The molecule has 2 heterocycles. The monoisotopic (exact) mass is 292 g/mol. The highest BCUT2D eigenvalue weighted by molar-refractivity contribution is 5.81. The van der Waals surface area contributed by atoms with Crippen LogP contribution in [0.5, 0.6) is 5.88 Å². The number of rotatable bonds is 3. The third kappa shape index (κ3) is 3.83. The van der Waals surface area contributed by atoms with E-state index >= 15 is 0 Å². The van der Waals surface area contributed by atoms with Crippen molar-refractivity contribution >= 4 is 11.7 Å². The average molecular weight is 292 g/mol. The summed E-state index contributed by atoms with van der Waals surface area (Å²) < 4.78 is 5.82. The highest BCUT2D eigenvalue weighted by Gasteiger charge is 2.33. The molecular formula is C15H24N4O2. The summed E-state index contributed by atoms with van der Waals surface area (Å²) in [5.74, 6) is 1.47. The Kier molecular flexibility index (Phi) is 4.34. The van der Waals surface area contributed by atoms with Crippen LogP contribution in [0.3, 0.4) is 0 Å². The van der Waals surface area contributed by atoms with E-state index in [1.165, 1.54) is 0 Å². The minimum absolute atomic E-state index is 0.00388. The van der Waals surface area contributed by atoms with Gasteiger partial charge in [-0.15, -0.1) is 10.2 Å². The number of amides is 1. The molecule has 6 heteroatoms. The van der Waals surface area contributed by atoms with Crippen LogP contribution in [0.15, 0.2) is 12.1 Å². The third-order valence-corrected chi connectivity index (χ3v) is 3.45. The number of nitrogens with zero attached hydrogens (tertiary/aromatic N) is 4. The number of ether oxygens (including phenoxy) is 1. The molecule has 1 aliphatic heterocycles. The Morgan fingerprint density at radius 3 is 2.57 bits per heavy atom. The first kappa shape index (κ1) is 15.5. The van der Waals surface area contributed by atoms with Crippen molar-refractivity contribution in [2.24, 2.45) is 5.41 Å². The molecule has 1 atom stereocenters. The largest absolute Gasteiger partial charge is 0.471 e. The molecule has 0 aromatic carbocycles. The van der Waals surface area contributed by atoms with Gasteiger partial charge in [-0.2, -0.15) is 0 Å². The molecule has 2 rings (SSSR count). The maximum Gasteiger partial charge on any atom is 0.233 e. The number of aromatic nitrogens is 2. The van der Waals surface area contributed by atoms with E-state index in [0.29, 0.717) is 12.4 Å². The zero-order chi connectivity index (χ0) is 15.6. The van der Waals surface area contributed by atoms with Crippen LogP contribution >= 0.6 is 0 Å². The number of likely N-dealkylation sites (tertiary alicyclic amines) is 1. The van der Waals surface area contributed by atoms with E-state index in [0.717, 1.165) is 18.8 Å². The topological polar surface area (TPSA) is 58.6 Å². The van der Waals surface area contributed by atoms with Crippen LogP contribution in [-0.2, 0) is 4.79 Å². The SMILES string of the molecule is CN(C)c1ccc(OC2CCN(C(=O)C(C)(C)C)C2)nn1. The number of carbonyl (C=O) groups is 1. The van der Waals surface area contributed by atoms with Gasteiger partial charge in [-0.3, -0.25) is 4.79 Å². The first-order valence-corrected chi connectivity index (χ1v) is 7.24. The Bertz CT molecular complexity index is 493. The predicted octanol–water partition coefficient (Wildman–Crippen LogP) is 1.57. The summed E-state index contributed by atoms with van der Waals surface area (Å²) in [5, 5.41) is 8.15. The number of carbonyl (C=O) groups excluding carboxylic acids is 1. The van der Waals surface area contributed by atoms with Gasteiger partial charge >= 0.3 is 0 Å². The van der Waals surface area contributed by atoms with Gasteiger partial charge in [-0.1, -0.05) is 20.8 Å². The number of anilines is 1. The molecule has 0 spiro atoms. The van der Waals surface area contributed by atoms with Crippen molar-refractivity contribution in [1.82, 2.24) is 15.1 Å². The summed E-state index contributed by atoms with van der Waals surface area (Å²) >= 11 is 0. The lowest BCUT2D eigenvalue weighted by Gasteiger charge is -2.25. The van der Waals surface area contributed by atoms with E-state index in [1.807, 2.05) is 56.8 Å². The summed E-state index contributed by atoms with van der Waals surface area (Å²) in [4.78, 5) is 16.0. The summed E-state index contributed by atoms with van der Waals surface area (Å²) in [5.41, 5.74) is -0.345. The smallest absolute Gasteiger partial charge is 0.233 e. The normalized spacial score (nSPS) is 18.7. The average Bonchev–Trinajstić information content (AvgIpc) is 2.85. The van der Waals surface area contributed by atoms with Crippen molar-refractivity contribution in [1.29, 1.82) is 0 Å². The van der Waals surface area contributed by atoms with Gasteiger partial charge < -0.3 is 14.5 Å². The molecule has 1 unspecified atom stereocenters. The highest BCUT2D eigenvalue weighted by atomic mass is 16.5. The van der Waals surface area contributed by atoms with Gasteiger partial charge in [-0.25, -0.2) is 0 Å². The lowest BCUT2D eigenvalue weighted by atomic mass is 9.95. The van der Waals surface area contributed by atoms with Crippen LogP contribution in [0.25, 0.3) is 0 Å². The Hall–Kier alpha value is -1.85. The first-order valence-electron chi connectivity index (χ1n) is 7.24. The van der Waals surface area contributed by atoms with Gasteiger partial charge in [0.15, 0.2) is 5.82 Å². The third-order valence-electron chi connectivity index (χ3n) is 3.45. The van der Waals surface area contributed by atoms with Gasteiger partial charge in [0.25, 0.3) is 0 Å². The van der Waals surface area contributed by atoms with E-state index in [2.05, 4.69) is 10.2 Å². The second kappa shape index (κ2) is 5.87. The van der Waals surface area contributed by atoms with Crippen LogP contribution in [0.1, 0.15) is 27.2 Å². The van der Waals surface area contributed by atoms with Crippen molar-refractivity contribution in [2.75, 3.05) is 32.1 Å². The Morgan fingerprint density at radius 2 is 2.05 bits per heavy atom. The molecule has 1 fully saturated rings. The fourth-order valence-electron chi connectivity index (χ4n) is 2.27. The summed E-state index contributed by atoms with van der Waals surface area (Å²) in [6, 6.07) is 3.69. The molecule has 0 saturated carbocycles. The molecule has 116 valence electrons. The van der Waals surface area contributed by atoms with Crippen LogP contribution < -0.4 is 9.64 Å². The molecule has 6 nitrogen and oxygen atoms in total. The van der Waals surface area contributed by atoms with Gasteiger partial charge in [0.2, 0.25) is 11.8 Å². The van der Waals surface area contributed by atoms with E-state index < -0.39 is 0 Å². The molecule has 0 aliphatic carbocycles. The lowest BCUT2D eigenvalue weighted by molar-refractivity contribution is -0.138. The summed E-state index contributed by atoms with van der Waals surface area (Å²) in [6.45, 7) is 7.18. The number of hydrogen-bond acceptors (Lipinski definition) is 5. The van der Waals surface area contributed by atoms with Gasteiger partial charge in [0, 0.05) is 38.5 Å². The van der Waals surface area contributed by atoms with Gasteiger partial charge in [0.05, 0.1) is 6.54 Å². The summed E-state index contributed by atoms with van der Waals surface area (Å²) in [6.07, 6.45) is 0.828. The fourth-order valence-corrected chi connectivity index (χ4v) is 2.27. The molecule has 1 amide bonds. The zero-order valence-corrected chi connectivity index (χ0v) is 13.5. The minimum atomic E-state index is -0.345. The first-order chi connectivity index (χ1) is 9.77. The van der Waals surface area contributed by atoms with Gasteiger partial charge in [0.1, 0.15) is 6.10 Å². The number of hydrogen-bond donors (Lipinski definition) is 0. The van der Waals surface area contributed by atoms with Crippen molar-refractivity contribution < 1.29 is 9.53 Å². The Balaban J connectivity index is 1.92. The van der Waals surface area contributed by atoms with Crippen LogP contribution in [0.4, 0.5) is 5.82 Å².